The minimum atomic E-state index is -0.357. The lowest BCUT2D eigenvalue weighted by Crippen LogP contribution is -2.32. The fourth-order valence-corrected chi connectivity index (χ4v) is 3.37. The average Bonchev–Trinajstić information content (AvgIpc) is 2.91. The first-order chi connectivity index (χ1) is 8.34. The van der Waals surface area contributed by atoms with Gasteiger partial charge in [-0.2, -0.15) is 11.3 Å². The van der Waals surface area contributed by atoms with Crippen molar-refractivity contribution in [1.82, 2.24) is 0 Å². The Morgan fingerprint density at radius 3 is 3.00 bits per heavy atom. The molecule has 1 aliphatic heterocycles. The SMILES string of the molecule is O=C(c1ccsc1)C1CSc2ccccc2O1. The van der Waals surface area contributed by atoms with Crippen LogP contribution in [0.25, 0.3) is 0 Å². The molecule has 0 bridgehead atoms. The Bertz CT molecular complexity index is 534. The highest BCUT2D eigenvalue weighted by Gasteiger charge is 2.27. The third-order valence-corrected chi connectivity index (χ3v) is 4.41. The largest absolute Gasteiger partial charge is 0.480 e. The standard InChI is InChI=1S/C13H10O2S2/c14-13(9-5-6-16-7-9)11-8-17-12-4-2-1-3-10(12)15-11/h1-7,11H,8H2. The second kappa shape index (κ2) is 4.55. The molecular weight excluding hydrogens is 252 g/mol. The summed E-state index contributed by atoms with van der Waals surface area (Å²) in [7, 11) is 0. The van der Waals surface area contributed by atoms with E-state index in [0.717, 1.165) is 16.2 Å². The van der Waals surface area contributed by atoms with Crippen LogP contribution in [0.3, 0.4) is 0 Å². The van der Waals surface area contributed by atoms with E-state index in [1.54, 1.807) is 11.8 Å². The lowest BCUT2D eigenvalue weighted by Gasteiger charge is -2.24. The molecule has 1 unspecified atom stereocenters. The molecule has 3 rings (SSSR count). The van der Waals surface area contributed by atoms with E-state index in [4.69, 9.17) is 4.74 Å². The van der Waals surface area contributed by atoms with Crippen molar-refractivity contribution < 1.29 is 9.53 Å². The Morgan fingerprint density at radius 1 is 1.29 bits per heavy atom. The van der Waals surface area contributed by atoms with Crippen LogP contribution in [0.5, 0.6) is 5.75 Å². The van der Waals surface area contributed by atoms with Crippen molar-refractivity contribution in [2.45, 2.75) is 11.0 Å². The van der Waals surface area contributed by atoms with Crippen LogP contribution in [0.1, 0.15) is 10.4 Å². The zero-order valence-electron chi connectivity index (χ0n) is 8.96. The smallest absolute Gasteiger partial charge is 0.205 e. The van der Waals surface area contributed by atoms with Gasteiger partial charge in [0.15, 0.2) is 6.10 Å². The van der Waals surface area contributed by atoms with Crippen LogP contribution < -0.4 is 4.74 Å². The van der Waals surface area contributed by atoms with Gasteiger partial charge in [-0.15, -0.1) is 11.8 Å². The fraction of sp³-hybridized carbons (Fsp3) is 0.154. The van der Waals surface area contributed by atoms with Crippen LogP contribution >= 0.6 is 23.1 Å². The van der Waals surface area contributed by atoms with Gasteiger partial charge >= 0.3 is 0 Å². The van der Waals surface area contributed by atoms with Crippen LogP contribution in [0.4, 0.5) is 0 Å². The van der Waals surface area contributed by atoms with Crippen LogP contribution in [-0.4, -0.2) is 17.6 Å². The number of benzene rings is 1. The van der Waals surface area contributed by atoms with Crippen molar-refractivity contribution in [3.63, 3.8) is 0 Å². The quantitative estimate of drug-likeness (QED) is 0.775. The Morgan fingerprint density at radius 2 is 2.18 bits per heavy atom. The normalized spacial score (nSPS) is 18.2. The van der Waals surface area contributed by atoms with Gasteiger partial charge in [-0.1, -0.05) is 12.1 Å². The molecular formula is C13H10O2S2. The Labute approximate surface area is 108 Å². The summed E-state index contributed by atoms with van der Waals surface area (Å²) in [6.45, 7) is 0. The number of ketones is 1. The number of carbonyl (C=O) groups is 1. The number of thiophene rings is 1. The van der Waals surface area contributed by atoms with E-state index < -0.39 is 0 Å². The molecule has 4 heteroatoms. The number of Topliss-reactive ketones (excluding diaryl/α,β-unsaturated/α-hetero) is 1. The van der Waals surface area contributed by atoms with E-state index in [9.17, 15) is 4.79 Å². The molecule has 86 valence electrons. The summed E-state index contributed by atoms with van der Waals surface area (Å²) in [5.74, 6) is 1.58. The van der Waals surface area contributed by atoms with E-state index in [0.29, 0.717) is 5.75 Å². The molecule has 17 heavy (non-hydrogen) atoms. The van der Waals surface area contributed by atoms with Gasteiger partial charge in [-0.25, -0.2) is 0 Å². The molecule has 0 spiro atoms. The molecule has 2 heterocycles. The molecule has 0 N–H and O–H groups in total. The molecule has 0 saturated heterocycles. The summed E-state index contributed by atoms with van der Waals surface area (Å²) < 4.78 is 5.75. The number of hydrogen-bond donors (Lipinski definition) is 0. The Balaban J connectivity index is 1.83. The fourth-order valence-electron chi connectivity index (χ4n) is 1.74. The van der Waals surface area contributed by atoms with Crippen molar-refractivity contribution in [2.24, 2.45) is 0 Å². The zero-order chi connectivity index (χ0) is 11.7. The van der Waals surface area contributed by atoms with Crippen molar-refractivity contribution in [3.05, 3.63) is 46.7 Å². The number of ether oxygens (including phenoxy) is 1. The number of thioether (sulfide) groups is 1. The molecule has 0 aliphatic carbocycles. The van der Waals surface area contributed by atoms with E-state index in [2.05, 4.69) is 0 Å². The Kier molecular flexibility index (Phi) is 2.91. The lowest BCUT2D eigenvalue weighted by atomic mass is 10.1. The minimum absolute atomic E-state index is 0.0771. The molecule has 1 aromatic carbocycles. The first-order valence-electron chi connectivity index (χ1n) is 5.29. The molecule has 0 radical (unpaired) electrons. The van der Waals surface area contributed by atoms with Gasteiger partial charge in [-0.3, -0.25) is 4.79 Å². The number of para-hydroxylation sites is 1. The highest BCUT2D eigenvalue weighted by atomic mass is 32.2. The molecule has 0 fully saturated rings. The van der Waals surface area contributed by atoms with Gasteiger partial charge in [0.1, 0.15) is 5.75 Å². The van der Waals surface area contributed by atoms with Gasteiger partial charge in [0.2, 0.25) is 5.78 Å². The number of fused-ring (bicyclic) bond motifs is 1. The molecule has 1 aliphatic rings. The Hall–Kier alpha value is -1.26. The summed E-state index contributed by atoms with van der Waals surface area (Å²) in [5, 5.41) is 3.79. The predicted octanol–water partition coefficient (Wildman–Crippen LogP) is 3.48. The van der Waals surface area contributed by atoms with Gasteiger partial charge < -0.3 is 4.74 Å². The first-order valence-corrected chi connectivity index (χ1v) is 7.22. The number of carbonyl (C=O) groups excluding carboxylic acids is 1. The molecule has 0 amide bonds. The molecule has 0 saturated carbocycles. The summed E-state index contributed by atoms with van der Waals surface area (Å²) in [4.78, 5) is 13.3. The third kappa shape index (κ3) is 2.10. The van der Waals surface area contributed by atoms with E-state index in [1.807, 2.05) is 41.1 Å². The monoisotopic (exact) mass is 262 g/mol. The molecule has 2 aromatic rings. The first kappa shape index (κ1) is 10.9. The van der Waals surface area contributed by atoms with Gasteiger partial charge in [0, 0.05) is 21.6 Å². The number of hydrogen-bond acceptors (Lipinski definition) is 4. The van der Waals surface area contributed by atoms with Crippen molar-refractivity contribution in [3.8, 4) is 5.75 Å². The number of rotatable bonds is 2. The maximum absolute atomic E-state index is 12.1. The van der Waals surface area contributed by atoms with E-state index in [1.165, 1.54) is 11.3 Å². The maximum Gasteiger partial charge on any atom is 0.205 e. The maximum atomic E-state index is 12.1. The van der Waals surface area contributed by atoms with Crippen molar-refractivity contribution in [1.29, 1.82) is 0 Å². The topological polar surface area (TPSA) is 26.3 Å². The van der Waals surface area contributed by atoms with Crippen LogP contribution in [0.15, 0.2) is 46.0 Å². The van der Waals surface area contributed by atoms with Crippen LogP contribution in [0.2, 0.25) is 0 Å². The lowest BCUT2D eigenvalue weighted by molar-refractivity contribution is 0.0815. The second-order valence-electron chi connectivity index (χ2n) is 3.74. The van der Waals surface area contributed by atoms with Crippen molar-refractivity contribution in [2.75, 3.05) is 5.75 Å². The predicted molar refractivity (Wildman–Crippen MR) is 70.2 cm³/mol. The minimum Gasteiger partial charge on any atom is -0.480 e. The molecule has 2 nitrogen and oxygen atoms in total. The highest BCUT2D eigenvalue weighted by molar-refractivity contribution is 7.99. The summed E-state index contributed by atoms with van der Waals surface area (Å²) >= 11 is 3.21. The highest BCUT2D eigenvalue weighted by Crippen LogP contribution is 2.35. The summed E-state index contributed by atoms with van der Waals surface area (Å²) in [6.07, 6.45) is -0.357. The van der Waals surface area contributed by atoms with Gasteiger partial charge in [0.25, 0.3) is 0 Å². The third-order valence-electron chi connectivity index (χ3n) is 2.61. The summed E-state index contributed by atoms with van der Waals surface area (Å²) in [6, 6.07) is 9.69. The van der Waals surface area contributed by atoms with Crippen molar-refractivity contribution >= 4 is 28.9 Å². The van der Waals surface area contributed by atoms with Gasteiger partial charge in [0.05, 0.1) is 0 Å². The summed E-state index contributed by atoms with van der Waals surface area (Å²) in [5.41, 5.74) is 0.750. The van der Waals surface area contributed by atoms with E-state index >= 15 is 0 Å². The van der Waals surface area contributed by atoms with E-state index in [-0.39, 0.29) is 11.9 Å². The average molecular weight is 262 g/mol. The van der Waals surface area contributed by atoms with Crippen LogP contribution in [-0.2, 0) is 0 Å². The van der Waals surface area contributed by atoms with Gasteiger partial charge in [-0.05, 0) is 23.6 Å². The molecule has 1 aromatic heterocycles. The second-order valence-corrected chi connectivity index (χ2v) is 5.58. The molecule has 1 atom stereocenters. The zero-order valence-corrected chi connectivity index (χ0v) is 10.6. The van der Waals surface area contributed by atoms with Crippen LogP contribution in [0, 0.1) is 0 Å².